The molecule has 0 aliphatic carbocycles. The lowest BCUT2D eigenvalue weighted by molar-refractivity contribution is -0.131. The molecule has 0 atom stereocenters. The number of thiophene rings is 1. The third kappa shape index (κ3) is 4.35. The van der Waals surface area contributed by atoms with Gasteiger partial charge in [0.05, 0.1) is 26.1 Å². The second-order valence-electron chi connectivity index (χ2n) is 5.54. The number of nitrogens with zero attached hydrogens (tertiary/aromatic N) is 2. The van der Waals surface area contributed by atoms with Crippen molar-refractivity contribution in [1.82, 2.24) is 9.88 Å². The average Bonchev–Trinajstić information content (AvgIpc) is 3.17. The molecule has 0 saturated heterocycles. The second-order valence-corrected chi connectivity index (χ2v) is 8.46. The highest BCUT2D eigenvalue weighted by atomic mass is 35.5. The molecule has 3 rings (SSSR count). The van der Waals surface area contributed by atoms with E-state index in [2.05, 4.69) is 11.1 Å². The monoisotopic (exact) mass is 378 g/mol. The molecule has 0 spiro atoms. The molecule has 0 radical (unpaired) electrons. The Kier molecular flexibility index (Phi) is 5.87. The number of amides is 1. The zero-order chi connectivity index (χ0) is 16.9. The summed E-state index contributed by atoms with van der Waals surface area (Å²) in [5, 5.41) is 1.11. The van der Waals surface area contributed by atoms with Crippen LogP contribution in [0.15, 0.2) is 36.4 Å². The highest BCUT2D eigenvalue weighted by molar-refractivity contribution is 7.18. The topological polar surface area (TPSA) is 33.2 Å². The predicted molar refractivity (Wildman–Crippen MR) is 103 cm³/mol. The lowest BCUT2D eigenvalue weighted by atomic mass is 10.2. The van der Waals surface area contributed by atoms with E-state index in [-0.39, 0.29) is 5.91 Å². The van der Waals surface area contributed by atoms with Crippen LogP contribution in [0.4, 0.5) is 0 Å². The lowest BCUT2D eigenvalue weighted by Crippen LogP contribution is -2.29. The number of carbonyl (C=O) groups is 1. The van der Waals surface area contributed by atoms with Gasteiger partial charge in [-0.2, -0.15) is 0 Å². The van der Waals surface area contributed by atoms with Crippen LogP contribution in [0, 0.1) is 0 Å². The number of aromatic nitrogens is 1. The summed E-state index contributed by atoms with van der Waals surface area (Å²) in [6.45, 7) is 3.38. The number of carbonyl (C=O) groups excluding carboxylic acids is 1. The molecule has 0 fully saturated rings. The van der Waals surface area contributed by atoms with E-state index in [9.17, 15) is 4.79 Å². The predicted octanol–water partition coefficient (Wildman–Crippen LogP) is 5.38. The van der Waals surface area contributed by atoms with Crippen LogP contribution in [0.25, 0.3) is 10.2 Å². The molecule has 1 aromatic carbocycles. The number of para-hydroxylation sites is 1. The lowest BCUT2D eigenvalue weighted by Gasteiger charge is -2.20. The molecular formula is C18H19ClN2OS2. The van der Waals surface area contributed by atoms with Crippen molar-refractivity contribution in [1.29, 1.82) is 0 Å². The van der Waals surface area contributed by atoms with E-state index in [1.54, 1.807) is 11.3 Å². The molecule has 0 aliphatic heterocycles. The molecule has 0 N–H and O–H groups in total. The van der Waals surface area contributed by atoms with Crippen molar-refractivity contribution in [3.8, 4) is 0 Å². The minimum Gasteiger partial charge on any atom is -0.338 e. The van der Waals surface area contributed by atoms with Crippen LogP contribution < -0.4 is 0 Å². The second kappa shape index (κ2) is 8.10. The van der Waals surface area contributed by atoms with Crippen molar-refractivity contribution >= 4 is 50.4 Å². The maximum atomic E-state index is 12.4. The molecule has 0 aliphatic rings. The van der Waals surface area contributed by atoms with Gasteiger partial charge in [0.25, 0.3) is 0 Å². The van der Waals surface area contributed by atoms with Gasteiger partial charge in [0.1, 0.15) is 0 Å². The number of hydrogen-bond donors (Lipinski definition) is 0. The van der Waals surface area contributed by atoms with E-state index in [4.69, 9.17) is 11.6 Å². The molecular weight excluding hydrogens is 360 g/mol. The van der Waals surface area contributed by atoms with Crippen LogP contribution in [0.1, 0.15) is 29.7 Å². The number of aryl methyl sites for hydroxylation is 1. The van der Waals surface area contributed by atoms with Crippen LogP contribution in [-0.4, -0.2) is 22.3 Å². The van der Waals surface area contributed by atoms with Crippen LogP contribution in [-0.2, 0) is 17.8 Å². The van der Waals surface area contributed by atoms with E-state index in [1.807, 2.05) is 42.2 Å². The average molecular weight is 379 g/mol. The molecule has 3 nitrogen and oxygen atoms in total. The molecule has 3 aromatic rings. The van der Waals surface area contributed by atoms with Crippen LogP contribution >= 0.6 is 34.3 Å². The maximum Gasteiger partial charge on any atom is 0.222 e. The number of rotatable bonds is 7. The van der Waals surface area contributed by atoms with Crippen LogP contribution in [0.3, 0.4) is 0 Å². The largest absolute Gasteiger partial charge is 0.338 e. The number of fused-ring (bicyclic) bond motifs is 1. The van der Waals surface area contributed by atoms with E-state index < -0.39 is 0 Å². The zero-order valence-corrected chi connectivity index (χ0v) is 15.9. The molecule has 6 heteroatoms. The quantitative estimate of drug-likeness (QED) is 0.552. The third-order valence-electron chi connectivity index (χ3n) is 3.83. The minimum atomic E-state index is 0.197. The van der Waals surface area contributed by atoms with E-state index >= 15 is 0 Å². The summed E-state index contributed by atoms with van der Waals surface area (Å²) in [7, 11) is 0. The van der Waals surface area contributed by atoms with E-state index in [1.165, 1.54) is 16.0 Å². The van der Waals surface area contributed by atoms with Crippen molar-refractivity contribution in [3.05, 3.63) is 50.6 Å². The minimum absolute atomic E-state index is 0.197. The Labute approximate surface area is 154 Å². The molecule has 24 heavy (non-hydrogen) atoms. The fourth-order valence-corrected chi connectivity index (χ4v) is 4.69. The van der Waals surface area contributed by atoms with Crippen molar-refractivity contribution in [3.63, 3.8) is 0 Å². The van der Waals surface area contributed by atoms with Crippen molar-refractivity contribution < 1.29 is 4.79 Å². The highest BCUT2D eigenvalue weighted by Crippen LogP contribution is 2.24. The Hall–Kier alpha value is -1.43. The molecule has 2 heterocycles. The smallest absolute Gasteiger partial charge is 0.222 e. The van der Waals surface area contributed by atoms with Gasteiger partial charge in [-0.1, -0.05) is 23.7 Å². The number of halogens is 1. The molecule has 2 aromatic heterocycles. The molecule has 0 unspecified atom stereocenters. The summed E-state index contributed by atoms with van der Waals surface area (Å²) in [6, 6.07) is 12.0. The van der Waals surface area contributed by atoms with Gasteiger partial charge >= 0.3 is 0 Å². The van der Waals surface area contributed by atoms with Gasteiger partial charge in [-0.05, 0) is 44.0 Å². The van der Waals surface area contributed by atoms with Gasteiger partial charge in [0.2, 0.25) is 5.91 Å². The number of benzene rings is 1. The van der Waals surface area contributed by atoms with Gasteiger partial charge < -0.3 is 4.90 Å². The van der Waals surface area contributed by atoms with Crippen LogP contribution in [0.2, 0.25) is 4.34 Å². The SMILES string of the molecule is CCN(Cc1ccc(Cl)s1)C(=O)CCCc1nc2ccccc2s1. The van der Waals surface area contributed by atoms with Crippen molar-refractivity contribution in [2.75, 3.05) is 6.54 Å². The Bertz CT molecular complexity index is 794. The normalized spacial score (nSPS) is 11.1. The van der Waals surface area contributed by atoms with Gasteiger partial charge in [0, 0.05) is 17.8 Å². The van der Waals surface area contributed by atoms with Gasteiger partial charge in [0.15, 0.2) is 0 Å². The Balaban J connectivity index is 1.51. The summed E-state index contributed by atoms with van der Waals surface area (Å²) in [4.78, 5) is 20.1. The molecule has 1 amide bonds. The highest BCUT2D eigenvalue weighted by Gasteiger charge is 2.13. The Morgan fingerprint density at radius 3 is 2.75 bits per heavy atom. The summed E-state index contributed by atoms with van der Waals surface area (Å²) >= 11 is 9.22. The van der Waals surface area contributed by atoms with Crippen LogP contribution in [0.5, 0.6) is 0 Å². The van der Waals surface area contributed by atoms with Gasteiger partial charge in [-0.3, -0.25) is 4.79 Å². The standard InChI is InChI=1S/C18H19ClN2OS2/c1-2-21(12-13-10-11-16(19)23-13)18(22)9-5-8-17-20-14-6-3-4-7-15(14)24-17/h3-4,6-7,10-11H,2,5,8-9,12H2,1H3. The van der Waals surface area contributed by atoms with Gasteiger partial charge in [-0.15, -0.1) is 22.7 Å². The Morgan fingerprint density at radius 2 is 2.04 bits per heavy atom. The first kappa shape index (κ1) is 17.4. The number of hydrogen-bond acceptors (Lipinski definition) is 4. The van der Waals surface area contributed by atoms with E-state index in [0.717, 1.165) is 39.1 Å². The summed E-state index contributed by atoms with van der Waals surface area (Å²) in [6.07, 6.45) is 2.25. The maximum absolute atomic E-state index is 12.4. The number of thiazole rings is 1. The molecule has 0 bridgehead atoms. The fraction of sp³-hybridized carbons (Fsp3) is 0.333. The van der Waals surface area contributed by atoms with Crippen molar-refractivity contribution in [2.45, 2.75) is 32.7 Å². The fourth-order valence-electron chi connectivity index (χ4n) is 2.58. The summed E-state index contributed by atoms with van der Waals surface area (Å²) in [5.74, 6) is 0.197. The molecule has 0 saturated carbocycles. The summed E-state index contributed by atoms with van der Waals surface area (Å²) < 4.78 is 1.98. The van der Waals surface area contributed by atoms with Crippen molar-refractivity contribution in [2.24, 2.45) is 0 Å². The first-order valence-electron chi connectivity index (χ1n) is 8.02. The van der Waals surface area contributed by atoms with Gasteiger partial charge in [-0.25, -0.2) is 4.98 Å². The van der Waals surface area contributed by atoms with E-state index in [0.29, 0.717) is 13.0 Å². The molecule has 126 valence electrons. The summed E-state index contributed by atoms with van der Waals surface area (Å²) in [5.41, 5.74) is 1.05. The zero-order valence-electron chi connectivity index (χ0n) is 13.5. The third-order valence-corrected chi connectivity index (χ3v) is 6.14. The first-order chi connectivity index (χ1) is 11.7. The Morgan fingerprint density at radius 1 is 1.21 bits per heavy atom. The first-order valence-corrected chi connectivity index (χ1v) is 10.0.